The van der Waals surface area contributed by atoms with Crippen LogP contribution in [-0.2, 0) is 14.3 Å². The molecule has 0 rings (SSSR count). The first-order chi connectivity index (χ1) is 38.5. The minimum absolute atomic E-state index is 0.0122. The van der Waals surface area contributed by atoms with Crippen molar-refractivity contribution in [1.82, 2.24) is 5.32 Å². The fourth-order valence-electron chi connectivity index (χ4n) is 11.3. The van der Waals surface area contributed by atoms with Crippen molar-refractivity contribution in [2.45, 2.75) is 411 Å². The second-order valence-corrected chi connectivity index (χ2v) is 24.6. The van der Waals surface area contributed by atoms with Gasteiger partial charge in [0.2, 0.25) is 5.91 Å². The molecule has 0 fully saturated rings. The summed E-state index contributed by atoms with van der Waals surface area (Å²) < 4.78 is 5.49. The molecule has 6 nitrogen and oxygen atoms in total. The van der Waals surface area contributed by atoms with Crippen LogP contribution in [0.2, 0.25) is 0 Å². The highest BCUT2D eigenvalue weighted by Gasteiger charge is 2.20. The number of esters is 1. The average molecular weight is 1100 g/mol. The number of amides is 1. The Balaban J connectivity index is 3.42. The van der Waals surface area contributed by atoms with Crippen molar-refractivity contribution in [3.8, 4) is 0 Å². The molecule has 0 bridgehead atoms. The Hall–Kier alpha value is -1.66. The zero-order valence-electron chi connectivity index (χ0n) is 52.9. The Morgan fingerprint density at radius 1 is 0.359 bits per heavy atom. The Morgan fingerprint density at radius 3 is 0.974 bits per heavy atom. The molecule has 0 aromatic rings. The van der Waals surface area contributed by atoms with Gasteiger partial charge in [0.25, 0.3) is 0 Å². The van der Waals surface area contributed by atoms with Gasteiger partial charge in [0.15, 0.2) is 0 Å². The third-order valence-corrected chi connectivity index (χ3v) is 16.8. The number of aliphatic hydroxyl groups excluding tert-OH is 2. The van der Waals surface area contributed by atoms with Gasteiger partial charge in [0.1, 0.15) is 0 Å². The topological polar surface area (TPSA) is 95.9 Å². The highest BCUT2D eigenvalue weighted by atomic mass is 16.5. The van der Waals surface area contributed by atoms with Crippen LogP contribution in [0.25, 0.3) is 0 Å². The van der Waals surface area contributed by atoms with E-state index in [1.165, 1.54) is 321 Å². The number of ether oxygens (including phenoxy) is 1. The SMILES string of the molecule is CCCCCCCCCCCCCCCCCCCCCCCCC(O)C(CO)NC(=O)CCCCCCCCCCC/C=C\C/C=C\CCCCCCCCCCCOC(=O)CCCCCCCCCCCCCCCC. The van der Waals surface area contributed by atoms with Crippen molar-refractivity contribution in [2.75, 3.05) is 13.2 Å². The first-order valence-electron chi connectivity index (χ1n) is 35.6. The maximum Gasteiger partial charge on any atom is 0.305 e. The van der Waals surface area contributed by atoms with Crippen LogP contribution < -0.4 is 5.32 Å². The molecule has 0 aromatic carbocycles. The van der Waals surface area contributed by atoms with E-state index in [0.29, 0.717) is 25.9 Å². The van der Waals surface area contributed by atoms with Crippen molar-refractivity contribution >= 4 is 11.9 Å². The molecule has 3 N–H and O–H groups in total. The molecule has 0 aliphatic heterocycles. The van der Waals surface area contributed by atoms with E-state index in [9.17, 15) is 19.8 Å². The van der Waals surface area contributed by atoms with Crippen molar-refractivity contribution in [3.05, 3.63) is 24.3 Å². The van der Waals surface area contributed by atoms with E-state index in [1.54, 1.807) is 0 Å². The number of nitrogens with one attached hydrogen (secondary N) is 1. The van der Waals surface area contributed by atoms with Gasteiger partial charge in [-0.25, -0.2) is 0 Å². The summed E-state index contributed by atoms with van der Waals surface area (Å²) in [6, 6.07) is -0.547. The van der Waals surface area contributed by atoms with Crippen LogP contribution in [0.15, 0.2) is 24.3 Å². The molecule has 78 heavy (non-hydrogen) atoms. The molecule has 0 radical (unpaired) electrons. The largest absolute Gasteiger partial charge is 0.466 e. The van der Waals surface area contributed by atoms with Gasteiger partial charge in [-0.2, -0.15) is 0 Å². The monoisotopic (exact) mass is 1100 g/mol. The predicted octanol–water partition coefficient (Wildman–Crippen LogP) is 22.9. The van der Waals surface area contributed by atoms with Crippen LogP contribution in [0.1, 0.15) is 399 Å². The smallest absolute Gasteiger partial charge is 0.305 e. The summed E-state index contributed by atoms with van der Waals surface area (Å²) in [6.45, 7) is 4.99. The van der Waals surface area contributed by atoms with Crippen LogP contribution in [-0.4, -0.2) is 47.4 Å². The summed E-state index contributed by atoms with van der Waals surface area (Å²) in [4.78, 5) is 24.6. The van der Waals surface area contributed by atoms with Crippen LogP contribution in [0.3, 0.4) is 0 Å². The summed E-state index contributed by atoms with van der Waals surface area (Å²) in [7, 11) is 0. The zero-order chi connectivity index (χ0) is 56.4. The fourth-order valence-corrected chi connectivity index (χ4v) is 11.3. The lowest BCUT2D eigenvalue weighted by atomic mass is 10.0. The molecule has 6 heteroatoms. The summed E-state index contributed by atoms with van der Waals surface area (Å²) in [6.07, 6.45) is 85.1. The van der Waals surface area contributed by atoms with Crippen LogP contribution in [0.5, 0.6) is 0 Å². The van der Waals surface area contributed by atoms with E-state index in [4.69, 9.17) is 4.74 Å². The third-order valence-electron chi connectivity index (χ3n) is 16.8. The molecular weight excluding hydrogens is 959 g/mol. The molecule has 0 aromatic heterocycles. The maximum absolute atomic E-state index is 12.5. The summed E-state index contributed by atoms with van der Waals surface area (Å²) in [5.41, 5.74) is 0. The van der Waals surface area contributed by atoms with Crippen molar-refractivity contribution < 1.29 is 24.5 Å². The van der Waals surface area contributed by atoms with Gasteiger partial charge in [-0.15, -0.1) is 0 Å². The Morgan fingerprint density at radius 2 is 0.641 bits per heavy atom. The molecule has 462 valence electrons. The summed E-state index contributed by atoms with van der Waals surface area (Å²) >= 11 is 0. The summed E-state index contributed by atoms with van der Waals surface area (Å²) in [5, 5.41) is 23.4. The standard InChI is InChI=1S/C72H139NO5/c1-3-5-7-9-11-13-15-17-19-20-21-22-28-31-34-37-40-44-48-52-56-60-64-70(75)69(68-74)73-71(76)65-61-57-53-49-45-41-38-35-32-29-26-24-23-25-27-30-33-36-39-43-47-51-55-59-63-67-78-72(77)66-62-58-54-50-46-42-18-16-14-12-10-8-6-4-2/h24-27,69-70,74-75H,3-23,28-68H2,1-2H3,(H,73,76)/b26-24-,27-25-. The lowest BCUT2D eigenvalue weighted by Crippen LogP contribution is -2.45. The van der Waals surface area contributed by atoms with Crippen molar-refractivity contribution in [1.29, 1.82) is 0 Å². The minimum Gasteiger partial charge on any atom is -0.466 e. The Bertz CT molecular complexity index is 1220. The van der Waals surface area contributed by atoms with Crippen LogP contribution in [0.4, 0.5) is 0 Å². The molecule has 1 amide bonds. The van der Waals surface area contributed by atoms with E-state index in [2.05, 4.69) is 43.5 Å². The number of aliphatic hydroxyl groups is 2. The van der Waals surface area contributed by atoms with Gasteiger partial charge in [-0.3, -0.25) is 9.59 Å². The highest BCUT2D eigenvalue weighted by Crippen LogP contribution is 2.19. The molecule has 0 saturated carbocycles. The van der Waals surface area contributed by atoms with E-state index < -0.39 is 12.1 Å². The Labute approximate surface area is 488 Å². The first-order valence-corrected chi connectivity index (χ1v) is 35.6. The van der Waals surface area contributed by atoms with Gasteiger partial charge in [-0.1, -0.05) is 353 Å². The zero-order valence-corrected chi connectivity index (χ0v) is 52.9. The molecule has 2 atom stereocenters. The van der Waals surface area contributed by atoms with E-state index in [1.807, 2.05) is 0 Å². The fraction of sp³-hybridized carbons (Fsp3) is 0.917. The van der Waals surface area contributed by atoms with Crippen LogP contribution in [0, 0.1) is 0 Å². The van der Waals surface area contributed by atoms with Gasteiger partial charge in [0, 0.05) is 12.8 Å². The summed E-state index contributed by atoms with van der Waals surface area (Å²) in [5.74, 6) is -0.0245. The van der Waals surface area contributed by atoms with Gasteiger partial charge in [0.05, 0.1) is 25.4 Å². The minimum atomic E-state index is -0.669. The van der Waals surface area contributed by atoms with Gasteiger partial charge < -0.3 is 20.3 Å². The number of hydrogen-bond acceptors (Lipinski definition) is 5. The molecule has 0 spiro atoms. The number of carbonyl (C=O) groups is 2. The lowest BCUT2D eigenvalue weighted by Gasteiger charge is -2.22. The van der Waals surface area contributed by atoms with E-state index in [0.717, 1.165) is 44.9 Å². The number of rotatable bonds is 67. The molecule has 2 unspecified atom stereocenters. The van der Waals surface area contributed by atoms with Crippen LogP contribution >= 0.6 is 0 Å². The number of carbonyl (C=O) groups excluding carboxylic acids is 2. The number of hydrogen-bond donors (Lipinski definition) is 3. The van der Waals surface area contributed by atoms with E-state index >= 15 is 0 Å². The second-order valence-electron chi connectivity index (χ2n) is 24.6. The molecular formula is C72H139NO5. The molecule has 0 aliphatic carbocycles. The molecule has 0 saturated heterocycles. The maximum atomic E-state index is 12.5. The quantitative estimate of drug-likeness (QED) is 0.0320. The molecule has 0 aliphatic rings. The van der Waals surface area contributed by atoms with Gasteiger partial charge in [-0.05, 0) is 57.8 Å². The van der Waals surface area contributed by atoms with Gasteiger partial charge >= 0.3 is 5.97 Å². The highest BCUT2D eigenvalue weighted by molar-refractivity contribution is 5.76. The van der Waals surface area contributed by atoms with E-state index in [-0.39, 0.29) is 18.5 Å². The van der Waals surface area contributed by atoms with Crippen molar-refractivity contribution in [3.63, 3.8) is 0 Å². The molecule has 0 heterocycles. The Kier molecular flexibility index (Phi) is 66.4. The lowest BCUT2D eigenvalue weighted by molar-refractivity contribution is -0.143. The van der Waals surface area contributed by atoms with Crippen molar-refractivity contribution in [2.24, 2.45) is 0 Å². The predicted molar refractivity (Wildman–Crippen MR) is 343 cm³/mol. The normalized spacial score (nSPS) is 12.6. The number of unbranched alkanes of at least 4 members (excludes halogenated alkanes) is 52. The second kappa shape index (κ2) is 67.8. The third kappa shape index (κ3) is 63.5. The average Bonchev–Trinajstić information content (AvgIpc) is 3.44. The number of allylic oxidation sites excluding steroid dienone is 4. The first kappa shape index (κ1) is 76.3.